The summed E-state index contributed by atoms with van der Waals surface area (Å²) in [6.07, 6.45) is 3.06. The molecule has 1 aromatic heterocycles. The Morgan fingerprint density at radius 1 is 1.12 bits per heavy atom. The van der Waals surface area contributed by atoms with E-state index in [4.69, 9.17) is 0 Å². The maximum atomic E-state index is 11.7. The maximum absolute atomic E-state index is 11.7. The number of carbonyl (C=O) groups is 2. The normalized spacial score (nSPS) is 17.0. The van der Waals surface area contributed by atoms with Gasteiger partial charge in [0.25, 0.3) is 11.1 Å². The van der Waals surface area contributed by atoms with Crippen molar-refractivity contribution in [3.05, 3.63) is 76.8 Å². The lowest BCUT2D eigenvalue weighted by Crippen LogP contribution is -2.17. The third kappa shape index (κ3) is 3.29. The summed E-state index contributed by atoms with van der Waals surface area (Å²) in [5, 5.41) is 13.4. The highest BCUT2D eigenvalue weighted by molar-refractivity contribution is 8.18. The molecular weight excluding hydrogens is 348 g/mol. The molecule has 1 aliphatic heterocycles. The number of amides is 2. The second-order valence-electron chi connectivity index (χ2n) is 6.07. The molecule has 2 aromatic carbocycles. The molecule has 0 saturated carbocycles. The van der Waals surface area contributed by atoms with Gasteiger partial charge in [-0.2, -0.15) is 0 Å². The van der Waals surface area contributed by atoms with Gasteiger partial charge in [-0.05, 0) is 47.2 Å². The highest BCUT2D eigenvalue weighted by Crippen LogP contribution is 2.27. The fourth-order valence-corrected chi connectivity index (χ4v) is 3.69. The molecule has 2 heterocycles. The Labute approximate surface area is 154 Å². The minimum atomic E-state index is -0.585. The summed E-state index contributed by atoms with van der Waals surface area (Å²) < 4.78 is 2.00. The third-order valence-electron chi connectivity index (χ3n) is 4.29. The van der Waals surface area contributed by atoms with E-state index in [1.807, 2.05) is 65.4 Å². The predicted molar refractivity (Wildman–Crippen MR) is 102 cm³/mol. The number of aromatic nitrogens is 1. The number of nitrogens with zero attached hydrogens (tertiary/aromatic N) is 1. The molecule has 1 atom stereocenters. The smallest absolute Gasteiger partial charge is 0.290 e. The van der Waals surface area contributed by atoms with Gasteiger partial charge in [-0.15, -0.1) is 0 Å². The number of aliphatic hydroxyl groups excluding tert-OH is 1. The van der Waals surface area contributed by atoms with E-state index >= 15 is 0 Å². The van der Waals surface area contributed by atoms with E-state index in [-0.39, 0.29) is 11.1 Å². The van der Waals surface area contributed by atoms with E-state index in [2.05, 4.69) is 5.32 Å². The lowest BCUT2D eigenvalue weighted by atomic mass is 10.1. The molecule has 130 valence electrons. The van der Waals surface area contributed by atoms with Crippen LogP contribution < -0.4 is 5.32 Å². The maximum Gasteiger partial charge on any atom is 0.290 e. The van der Waals surface area contributed by atoms with Crippen LogP contribution in [0.1, 0.15) is 17.2 Å². The highest BCUT2D eigenvalue weighted by atomic mass is 32.2. The molecule has 2 N–H and O–H groups in total. The van der Waals surface area contributed by atoms with Crippen LogP contribution in [0.15, 0.2) is 65.7 Å². The van der Waals surface area contributed by atoms with Crippen LogP contribution in [0.3, 0.4) is 0 Å². The van der Waals surface area contributed by atoms with Crippen molar-refractivity contribution in [2.24, 2.45) is 0 Å². The first-order chi connectivity index (χ1) is 12.6. The Morgan fingerprint density at radius 3 is 2.65 bits per heavy atom. The van der Waals surface area contributed by atoms with Gasteiger partial charge in [0.1, 0.15) is 0 Å². The van der Waals surface area contributed by atoms with Gasteiger partial charge in [0, 0.05) is 17.1 Å². The van der Waals surface area contributed by atoms with E-state index in [1.54, 1.807) is 6.08 Å². The van der Waals surface area contributed by atoms with Crippen LogP contribution in [0, 0.1) is 0 Å². The standard InChI is InChI=1S/C20H16N2O3S/c23-17(14-4-2-1-3-5-14)12-22-9-8-15-10-13(6-7-16(15)22)11-18-19(24)21-20(25)26-18/h1-11,17,23H,12H2,(H,21,24,25). The average molecular weight is 364 g/mol. The molecule has 0 aliphatic carbocycles. The average Bonchev–Trinajstić information content (AvgIpc) is 3.18. The minimum absolute atomic E-state index is 0.344. The van der Waals surface area contributed by atoms with Crippen LogP contribution in [0.25, 0.3) is 17.0 Å². The van der Waals surface area contributed by atoms with Gasteiger partial charge in [-0.3, -0.25) is 14.9 Å². The lowest BCUT2D eigenvalue weighted by molar-refractivity contribution is -0.115. The van der Waals surface area contributed by atoms with Crippen LogP contribution in [0.4, 0.5) is 4.79 Å². The summed E-state index contributed by atoms with van der Waals surface area (Å²) in [7, 11) is 0. The van der Waals surface area contributed by atoms with Crippen molar-refractivity contribution in [3.63, 3.8) is 0 Å². The van der Waals surface area contributed by atoms with E-state index in [0.29, 0.717) is 11.4 Å². The van der Waals surface area contributed by atoms with Gasteiger partial charge in [0.2, 0.25) is 0 Å². The number of nitrogens with one attached hydrogen (secondary N) is 1. The van der Waals surface area contributed by atoms with Gasteiger partial charge >= 0.3 is 0 Å². The van der Waals surface area contributed by atoms with Crippen LogP contribution in [-0.4, -0.2) is 20.8 Å². The van der Waals surface area contributed by atoms with Crippen molar-refractivity contribution in [1.29, 1.82) is 0 Å². The zero-order valence-corrected chi connectivity index (χ0v) is 14.6. The number of hydrogen-bond acceptors (Lipinski definition) is 4. The molecule has 6 heteroatoms. The van der Waals surface area contributed by atoms with E-state index < -0.39 is 6.10 Å². The fourth-order valence-electron chi connectivity index (χ4n) is 3.01. The number of hydrogen-bond donors (Lipinski definition) is 2. The van der Waals surface area contributed by atoms with Crippen LogP contribution in [-0.2, 0) is 11.3 Å². The summed E-state index contributed by atoms with van der Waals surface area (Å²) in [6.45, 7) is 0.459. The van der Waals surface area contributed by atoms with Gasteiger partial charge in [0.15, 0.2) is 0 Å². The Balaban J connectivity index is 1.59. The molecule has 26 heavy (non-hydrogen) atoms. The molecule has 1 fully saturated rings. The van der Waals surface area contributed by atoms with Gasteiger partial charge in [-0.25, -0.2) is 0 Å². The van der Waals surface area contributed by atoms with Crippen molar-refractivity contribution >= 4 is 39.9 Å². The molecule has 0 bridgehead atoms. The lowest BCUT2D eigenvalue weighted by Gasteiger charge is -2.13. The number of aliphatic hydroxyl groups is 1. The van der Waals surface area contributed by atoms with E-state index in [0.717, 1.165) is 33.8 Å². The van der Waals surface area contributed by atoms with Crippen molar-refractivity contribution < 1.29 is 14.7 Å². The highest BCUT2D eigenvalue weighted by Gasteiger charge is 2.24. The fraction of sp³-hybridized carbons (Fsp3) is 0.100. The molecule has 5 nitrogen and oxygen atoms in total. The summed E-state index contributed by atoms with van der Waals surface area (Å²) in [5.41, 5.74) is 2.73. The molecule has 3 aromatic rings. The Morgan fingerprint density at radius 2 is 1.92 bits per heavy atom. The second kappa shape index (κ2) is 6.82. The van der Waals surface area contributed by atoms with Crippen molar-refractivity contribution in [1.82, 2.24) is 9.88 Å². The van der Waals surface area contributed by atoms with Crippen LogP contribution >= 0.6 is 11.8 Å². The first kappa shape index (κ1) is 16.6. The van der Waals surface area contributed by atoms with E-state index in [9.17, 15) is 14.7 Å². The molecule has 0 radical (unpaired) electrons. The summed E-state index contributed by atoms with van der Waals surface area (Å²) in [4.78, 5) is 23.3. The summed E-state index contributed by atoms with van der Waals surface area (Å²) >= 11 is 0.908. The van der Waals surface area contributed by atoms with Crippen molar-refractivity contribution in [2.45, 2.75) is 12.6 Å². The summed E-state index contributed by atoms with van der Waals surface area (Å²) in [6, 6.07) is 17.4. The van der Waals surface area contributed by atoms with Gasteiger partial charge in [-0.1, -0.05) is 36.4 Å². The first-order valence-corrected chi connectivity index (χ1v) is 8.98. The third-order valence-corrected chi connectivity index (χ3v) is 5.10. The predicted octanol–water partition coefficient (Wildman–Crippen LogP) is 3.70. The number of fused-ring (bicyclic) bond motifs is 1. The van der Waals surface area contributed by atoms with E-state index in [1.165, 1.54) is 0 Å². The SMILES string of the molecule is O=C1NC(=O)C(=Cc2ccc3c(ccn3CC(O)c3ccccc3)c2)S1. The van der Waals surface area contributed by atoms with Crippen LogP contribution in [0.5, 0.6) is 0 Å². The molecular formula is C20H16N2O3S. The quantitative estimate of drug-likeness (QED) is 0.693. The number of imide groups is 1. The molecule has 1 unspecified atom stereocenters. The van der Waals surface area contributed by atoms with Crippen molar-refractivity contribution in [2.75, 3.05) is 0 Å². The largest absolute Gasteiger partial charge is 0.387 e. The number of rotatable bonds is 4. The summed E-state index contributed by atoms with van der Waals surface area (Å²) in [5.74, 6) is -0.358. The second-order valence-corrected chi connectivity index (χ2v) is 7.08. The minimum Gasteiger partial charge on any atom is -0.387 e. The van der Waals surface area contributed by atoms with Gasteiger partial charge in [0.05, 0.1) is 17.6 Å². The topological polar surface area (TPSA) is 71.3 Å². The molecule has 4 rings (SSSR count). The molecule has 0 spiro atoms. The number of thioether (sulfide) groups is 1. The molecule has 1 aliphatic rings. The van der Waals surface area contributed by atoms with Gasteiger partial charge < -0.3 is 9.67 Å². The number of carbonyl (C=O) groups excluding carboxylic acids is 2. The zero-order chi connectivity index (χ0) is 18.1. The number of benzene rings is 2. The zero-order valence-electron chi connectivity index (χ0n) is 13.8. The first-order valence-electron chi connectivity index (χ1n) is 8.17. The van der Waals surface area contributed by atoms with Crippen molar-refractivity contribution in [3.8, 4) is 0 Å². The Hall–Kier alpha value is -2.83. The monoisotopic (exact) mass is 364 g/mol. The Bertz CT molecular complexity index is 1020. The molecule has 1 saturated heterocycles. The van der Waals surface area contributed by atoms with Crippen LogP contribution in [0.2, 0.25) is 0 Å². The molecule has 2 amide bonds. The Kier molecular flexibility index (Phi) is 4.36.